The van der Waals surface area contributed by atoms with Crippen LogP contribution in [0, 0.1) is 11.3 Å². The second-order valence-corrected chi connectivity index (χ2v) is 7.07. The number of carbonyl (C=O) groups is 2. The quantitative estimate of drug-likeness (QED) is 0.765. The Morgan fingerprint density at radius 2 is 2.04 bits per heavy atom. The summed E-state index contributed by atoms with van der Waals surface area (Å²) in [5.41, 5.74) is 0.921. The van der Waals surface area contributed by atoms with Gasteiger partial charge in [0, 0.05) is 12.0 Å². The van der Waals surface area contributed by atoms with Crippen LogP contribution in [0.1, 0.15) is 55.5 Å². The molecule has 5 heteroatoms. The second kappa shape index (κ2) is 7.69. The molecule has 0 saturated heterocycles. The third-order valence-electron chi connectivity index (χ3n) is 4.81. The number of rotatable bonds is 8. The summed E-state index contributed by atoms with van der Waals surface area (Å²) in [6, 6.07) is 4.83. The van der Waals surface area contributed by atoms with Crippen molar-refractivity contribution in [1.29, 1.82) is 0 Å². The number of benzene rings is 1. The van der Waals surface area contributed by atoms with Crippen molar-refractivity contribution in [2.24, 2.45) is 11.3 Å². The summed E-state index contributed by atoms with van der Waals surface area (Å²) in [5.74, 6) is 0.238. The number of ether oxygens (including phenoxy) is 1. The molecule has 2 rings (SSSR count). The third-order valence-corrected chi connectivity index (χ3v) is 4.81. The summed E-state index contributed by atoms with van der Waals surface area (Å²) in [5, 5.41) is 12.1. The lowest BCUT2D eigenvalue weighted by atomic mass is 9.64. The van der Waals surface area contributed by atoms with Gasteiger partial charge in [0.15, 0.2) is 0 Å². The average molecular weight is 333 g/mol. The fourth-order valence-electron chi connectivity index (χ4n) is 3.49. The minimum absolute atomic E-state index is 0.156. The minimum Gasteiger partial charge on any atom is -0.496 e. The number of nitrogens with one attached hydrogen (secondary N) is 1. The number of carbonyl (C=O) groups excluding carboxylic acids is 1. The maximum Gasteiger partial charge on any atom is 0.335 e. The fourth-order valence-corrected chi connectivity index (χ4v) is 3.49. The first-order valence-electron chi connectivity index (χ1n) is 8.56. The topological polar surface area (TPSA) is 75.6 Å². The van der Waals surface area contributed by atoms with E-state index in [0.29, 0.717) is 24.6 Å². The summed E-state index contributed by atoms with van der Waals surface area (Å²) in [6.07, 6.45) is 4.65. The van der Waals surface area contributed by atoms with E-state index < -0.39 is 5.97 Å². The molecule has 0 unspecified atom stereocenters. The zero-order valence-corrected chi connectivity index (χ0v) is 14.7. The summed E-state index contributed by atoms with van der Waals surface area (Å²) in [7, 11) is 1.52. The van der Waals surface area contributed by atoms with Crippen molar-refractivity contribution in [3.05, 3.63) is 29.3 Å². The predicted molar refractivity (Wildman–Crippen MR) is 92.4 cm³/mol. The van der Waals surface area contributed by atoms with Gasteiger partial charge < -0.3 is 15.2 Å². The molecule has 0 radical (unpaired) electrons. The number of aromatic carboxylic acids is 1. The Hall–Kier alpha value is -2.04. The predicted octanol–water partition coefficient (Wildman–Crippen LogP) is 3.27. The first-order chi connectivity index (χ1) is 11.4. The van der Waals surface area contributed by atoms with Crippen LogP contribution in [-0.4, -0.2) is 30.6 Å². The summed E-state index contributed by atoms with van der Waals surface area (Å²) >= 11 is 0. The van der Waals surface area contributed by atoms with E-state index in [0.717, 1.165) is 31.2 Å². The number of hydrogen-bond donors (Lipinski definition) is 2. The zero-order valence-electron chi connectivity index (χ0n) is 14.7. The molecule has 0 spiro atoms. The Kier molecular flexibility index (Phi) is 5.86. The van der Waals surface area contributed by atoms with Crippen LogP contribution in [0.25, 0.3) is 0 Å². The molecule has 1 fully saturated rings. The molecule has 1 saturated carbocycles. The molecule has 0 aromatic heterocycles. The monoisotopic (exact) mass is 333 g/mol. The van der Waals surface area contributed by atoms with E-state index in [2.05, 4.69) is 19.2 Å². The molecular weight excluding hydrogens is 306 g/mol. The zero-order chi connectivity index (χ0) is 17.7. The van der Waals surface area contributed by atoms with Crippen molar-refractivity contribution in [3.8, 4) is 5.75 Å². The van der Waals surface area contributed by atoms with Crippen LogP contribution in [0.3, 0.4) is 0 Å². The Labute approximate surface area is 143 Å². The Balaban J connectivity index is 1.94. The van der Waals surface area contributed by atoms with Crippen LogP contribution >= 0.6 is 0 Å². The van der Waals surface area contributed by atoms with Gasteiger partial charge in [-0.1, -0.05) is 26.3 Å². The molecule has 0 atom stereocenters. The number of carboxylic acid groups (broad SMARTS) is 1. The average Bonchev–Trinajstić information content (AvgIpc) is 2.50. The van der Waals surface area contributed by atoms with E-state index in [1.165, 1.54) is 13.2 Å². The van der Waals surface area contributed by atoms with Gasteiger partial charge in [0.05, 0.1) is 12.7 Å². The smallest absolute Gasteiger partial charge is 0.335 e. The van der Waals surface area contributed by atoms with Crippen molar-refractivity contribution in [1.82, 2.24) is 5.32 Å². The Bertz CT molecular complexity index is 605. The highest BCUT2D eigenvalue weighted by molar-refractivity contribution is 5.88. The van der Waals surface area contributed by atoms with Crippen molar-refractivity contribution in [3.63, 3.8) is 0 Å². The van der Waals surface area contributed by atoms with Crippen LogP contribution in [0.5, 0.6) is 5.75 Å². The van der Waals surface area contributed by atoms with E-state index in [-0.39, 0.29) is 16.9 Å². The molecular formula is C19H27NO4. The summed E-state index contributed by atoms with van der Waals surface area (Å²) in [6.45, 7) is 4.84. The van der Waals surface area contributed by atoms with Gasteiger partial charge in [-0.3, -0.25) is 4.79 Å². The molecule has 1 aromatic carbocycles. The normalized spacial score (nSPS) is 15.7. The third kappa shape index (κ3) is 4.08. The first kappa shape index (κ1) is 18.3. The van der Waals surface area contributed by atoms with E-state index >= 15 is 0 Å². The van der Waals surface area contributed by atoms with Crippen LogP contribution in [0.2, 0.25) is 0 Å². The molecule has 0 heterocycles. The van der Waals surface area contributed by atoms with E-state index in [9.17, 15) is 9.59 Å². The molecule has 2 N–H and O–H groups in total. The van der Waals surface area contributed by atoms with Gasteiger partial charge in [-0.25, -0.2) is 4.79 Å². The van der Waals surface area contributed by atoms with Crippen LogP contribution in [0.15, 0.2) is 18.2 Å². The van der Waals surface area contributed by atoms with Gasteiger partial charge in [0.1, 0.15) is 5.75 Å². The second-order valence-electron chi connectivity index (χ2n) is 7.07. The van der Waals surface area contributed by atoms with Gasteiger partial charge in [-0.05, 0) is 49.3 Å². The molecule has 1 aliphatic carbocycles. The van der Waals surface area contributed by atoms with E-state index in [1.807, 2.05) is 0 Å². The van der Waals surface area contributed by atoms with Crippen molar-refractivity contribution < 1.29 is 19.4 Å². The fraction of sp³-hybridized carbons (Fsp3) is 0.579. The SMILES string of the molecule is COc1cc(C(=O)O)ccc1CCNC(=O)C1(CC(C)C)CCC1. The maximum atomic E-state index is 12.6. The largest absolute Gasteiger partial charge is 0.496 e. The van der Waals surface area contributed by atoms with Gasteiger partial charge in [-0.2, -0.15) is 0 Å². The number of amides is 1. The molecule has 0 bridgehead atoms. The maximum absolute atomic E-state index is 12.6. The molecule has 1 aliphatic rings. The van der Waals surface area contributed by atoms with Crippen LogP contribution in [-0.2, 0) is 11.2 Å². The Morgan fingerprint density at radius 3 is 2.54 bits per heavy atom. The minimum atomic E-state index is -0.978. The lowest BCUT2D eigenvalue weighted by Crippen LogP contribution is -2.47. The molecule has 5 nitrogen and oxygen atoms in total. The van der Waals surface area contributed by atoms with E-state index in [4.69, 9.17) is 9.84 Å². The molecule has 1 amide bonds. The number of carboxylic acids is 1. The number of hydrogen-bond acceptors (Lipinski definition) is 3. The highest BCUT2D eigenvalue weighted by atomic mass is 16.5. The van der Waals surface area contributed by atoms with Gasteiger partial charge >= 0.3 is 5.97 Å². The summed E-state index contributed by atoms with van der Waals surface area (Å²) in [4.78, 5) is 23.6. The molecule has 132 valence electrons. The lowest BCUT2D eigenvalue weighted by molar-refractivity contribution is -0.137. The number of methoxy groups -OCH3 is 1. The van der Waals surface area contributed by atoms with E-state index in [1.54, 1.807) is 12.1 Å². The van der Waals surface area contributed by atoms with Crippen LogP contribution in [0.4, 0.5) is 0 Å². The van der Waals surface area contributed by atoms with Crippen LogP contribution < -0.4 is 10.1 Å². The van der Waals surface area contributed by atoms with Crippen molar-refractivity contribution in [2.45, 2.75) is 46.0 Å². The lowest BCUT2D eigenvalue weighted by Gasteiger charge is -2.41. The highest BCUT2D eigenvalue weighted by Crippen LogP contribution is 2.46. The summed E-state index contributed by atoms with van der Waals surface area (Å²) < 4.78 is 5.27. The Morgan fingerprint density at radius 1 is 1.33 bits per heavy atom. The van der Waals surface area contributed by atoms with Crippen molar-refractivity contribution >= 4 is 11.9 Å². The molecule has 24 heavy (non-hydrogen) atoms. The van der Waals surface area contributed by atoms with Gasteiger partial charge in [0.2, 0.25) is 5.91 Å². The van der Waals surface area contributed by atoms with Gasteiger partial charge in [0.25, 0.3) is 0 Å². The standard InChI is InChI=1S/C19H27NO4/c1-13(2)12-19(8-4-9-19)18(23)20-10-7-14-5-6-15(17(21)22)11-16(14)24-3/h5-6,11,13H,4,7-10,12H2,1-3H3,(H,20,23)(H,21,22). The molecule has 1 aromatic rings. The van der Waals surface area contributed by atoms with Gasteiger partial charge in [-0.15, -0.1) is 0 Å². The van der Waals surface area contributed by atoms with Crippen molar-refractivity contribution in [2.75, 3.05) is 13.7 Å². The highest BCUT2D eigenvalue weighted by Gasteiger charge is 2.43. The first-order valence-corrected chi connectivity index (χ1v) is 8.56. The molecule has 0 aliphatic heterocycles.